The molecule has 1 saturated heterocycles. The van der Waals surface area contributed by atoms with Gasteiger partial charge in [-0.05, 0) is 67.6 Å². The van der Waals surface area contributed by atoms with E-state index in [0.29, 0.717) is 12.5 Å². The van der Waals surface area contributed by atoms with Crippen molar-refractivity contribution in [2.24, 2.45) is 13.0 Å². The van der Waals surface area contributed by atoms with Crippen LogP contribution in [0.2, 0.25) is 0 Å². The molecule has 5 rings (SSSR count). The Bertz CT molecular complexity index is 1240. The Morgan fingerprint density at radius 1 is 1.14 bits per heavy atom. The third-order valence-electron chi connectivity index (χ3n) is 6.85. The number of carbonyl (C=O) groups is 1. The van der Waals surface area contributed by atoms with Gasteiger partial charge in [0, 0.05) is 44.0 Å². The summed E-state index contributed by atoms with van der Waals surface area (Å²) in [6, 6.07) is 12.2. The van der Waals surface area contributed by atoms with Gasteiger partial charge in [-0.1, -0.05) is 19.1 Å². The predicted octanol–water partition coefficient (Wildman–Crippen LogP) is 4.05. The highest BCUT2D eigenvalue weighted by atomic mass is 16.7. The van der Waals surface area contributed by atoms with Crippen LogP contribution in [0.3, 0.4) is 0 Å². The molecule has 2 aliphatic rings. The standard InChI is InChI=1S/C28H34N4O4/c1-19-5-4-10-32(14-19)16-23-11-21(22-7-9-26-27(12-22)36-18-35-26)6-8-25(23)34-17-28(33)29-13-24-15-31(3)30-20(24)2/h6-9,11-12,15,19H,4-5,10,13-14,16-18H2,1-3H3,(H,29,33). The molecular formula is C28H34N4O4. The lowest BCUT2D eigenvalue weighted by Crippen LogP contribution is -2.34. The Morgan fingerprint density at radius 2 is 1.94 bits per heavy atom. The van der Waals surface area contributed by atoms with E-state index in [-0.39, 0.29) is 19.3 Å². The van der Waals surface area contributed by atoms with Gasteiger partial charge < -0.3 is 19.5 Å². The number of aromatic nitrogens is 2. The molecule has 1 aromatic heterocycles. The number of nitrogens with one attached hydrogen (secondary N) is 1. The average molecular weight is 491 g/mol. The van der Waals surface area contributed by atoms with Crippen molar-refractivity contribution < 1.29 is 19.0 Å². The summed E-state index contributed by atoms with van der Waals surface area (Å²) in [5.41, 5.74) is 5.13. The van der Waals surface area contributed by atoms with Crippen LogP contribution in [0.5, 0.6) is 17.2 Å². The predicted molar refractivity (Wildman–Crippen MR) is 137 cm³/mol. The fraction of sp³-hybridized carbons (Fsp3) is 0.429. The average Bonchev–Trinajstić information content (AvgIpc) is 3.46. The first-order valence-corrected chi connectivity index (χ1v) is 12.6. The van der Waals surface area contributed by atoms with Crippen molar-refractivity contribution in [3.63, 3.8) is 0 Å². The second-order valence-corrected chi connectivity index (χ2v) is 9.85. The topological polar surface area (TPSA) is 77.9 Å². The number of hydrogen-bond donors (Lipinski definition) is 1. The number of carbonyl (C=O) groups excluding carboxylic acids is 1. The van der Waals surface area contributed by atoms with Gasteiger partial charge >= 0.3 is 0 Å². The van der Waals surface area contributed by atoms with E-state index in [9.17, 15) is 4.79 Å². The van der Waals surface area contributed by atoms with Crippen LogP contribution in [-0.2, 0) is 24.9 Å². The minimum absolute atomic E-state index is 0.0356. The van der Waals surface area contributed by atoms with Crippen LogP contribution < -0.4 is 19.5 Å². The van der Waals surface area contributed by atoms with Gasteiger partial charge in [0.05, 0.1) is 5.69 Å². The van der Waals surface area contributed by atoms with Crippen molar-refractivity contribution >= 4 is 5.91 Å². The van der Waals surface area contributed by atoms with Crippen LogP contribution in [0.1, 0.15) is 36.6 Å². The number of hydrogen-bond acceptors (Lipinski definition) is 6. The highest BCUT2D eigenvalue weighted by molar-refractivity contribution is 5.77. The molecule has 0 radical (unpaired) electrons. The summed E-state index contributed by atoms with van der Waals surface area (Å²) >= 11 is 0. The molecule has 1 unspecified atom stereocenters. The molecule has 8 nitrogen and oxygen atoms in total. The maximum absolute atomic E-state index is 12.5. The summed E-state index contributed by atoms with van der Waals surface area (Å²) in [7, 11) is 1.87. The molecule has 2 aliphatic heterocycles. The van der Waals surface area contributed by atoms with Crippen molar-refractivity contribution in [3.05, 3.63) is 59.4 Å². The molecule has 1 N–H and O–H groups in total. The monoisotopic (exact) mass is 490 g/mol. The Labute approximate surface area is 212 Å². The number of amides is 1. The van der Waals surface area contributed by atoms with Crippen LogP contribution in [0.15, 0.2) is 42.6 Å². The Hall–Kier alpha value is -3.52. The molecular weight excluding hydrogens is 456 g/mol. The quantitative estimate of drug-likeness (QED) is 0.513. The molecule has 8 heteroatoms. The lowest BCUT2D eigenvalue weighted by molar-refractivity contribution is -0.123. The number of fused-ring (bicyclic) bond motifs is 1. The summed E-state index contributed by atoms with van der Waals surface area (Å²) in [6.45, 7) is 7.83. The summed E-state index contributed by atoms with van der Waals surface area (Å²) in [5.74, 6) is 2.80. The van der Waals surface area contributed by atoms with Gasteiger partial charge in [-0.25, -0.2) is 0 Å². The zero-order chi connectivity index (χ0) is 25.1. The van der Waals surface area contributed by atoms with Crippen LogP contribution in [0.25, 0.3) is 11.1 Å². The molecule has 0 bridgehead atoms. The van der Waals surface area contributed by atoms with Gasteiger partial charge in [-0.15, -0.1) is 0 Å². The van der Waals surface area contributed by atoms with E-state index in [1.165, 1.54) is 12.8 Å². The van der Waals surface area contributed by atoms with E-state index in [1.807, 2.05) is 50.5 Å². The normalized spacial score (nSPS) is 17.2. The van der Waals surface area contributed by atoms with Crippen molar-refractivity contribution in [2.75, 3.05) is 26.5 Å². The van der Waals surface area contributed by atoms with Crippen molar-refractivity contribution in [1.82, 2.24) is 20.0 Å². The van der Waals surface area contributed by atoms with Crippen molar-refractivity contribution in [2.45, 2.75) is 39.8 Å². The molecule has 36 heavy (non-hydrogen) atoms. The molecule has 3 heterocycles. The number of ether oxygens (including phenoxy) is 3. The molecule has 3 aromatic rings. The Balaban J connectivity index is 1.30. The van der Waals surface area contributed by atoms with Gasteiger partial charge in [0.1, 0.15) is 5.75 Å². The van der Waals surface area contributed by atoms with Crippen LogP contribution >= 0.6 is 0 Å². The lowest BCUT2D eigenvalue weighted by atomic mass is 9.98. The first kappa shape index (κ1) is 24.2. The van der Waals surface area contributed by atoms with E-state index in [0.717, 1.165) is 64.8 Å². The second kappa shape index (κ2) is 10.6. The fourth-order valence-corrected chi connectivity index (χ4v) is 4.98. The Morgan fingerprint density at radius 3 is 2.75 bits per heavy atom. The number of benzene rings is 2. The fourth-order valence-electron chi connectivity index (χ4n) is 4.98. The summed E-state index contributed by atoms with van der Waals surface area (Å²) in [4.78, 5) is 15.0. The zero-order valence-corrected chi connectivity index (χ0v) is 21.3. The maximum Gasteiger partial charge on any atom is 0.258 e. The molecule has 2 aromatic carbocycles. The van der Waals surface area contributed by atoms with Crippen molar-refractivity contribution in [1.29, 1.82) is 0 Å². The number of aryl methyl sites for hydroxylation is 2. The highest BCUT2D eigenvalue weighted by Crippen LogP contribution is 2.37. The molecule has 1 atom stereocenters. The maximum atomic E-state index is 12.5. The molecule has 0 aliphatic carbocycles. The van der Waals surface area contributed by atoms with Gasteiger partial charge in [0.15, 0.2) is 18.1 Å². The van der Waals surface area contributed by atoms with Crippen LogP contribution in [0, 0.1) is 12.8 Å². The molecule has 1 fully saturated rings. The molecule has 190 valence electrons. The van der Waals surface area contributed by atoms with Gasteiger partial charge in [0.2, 0.25) is 6.79 Å². The molecule has 0 spiro atoms. The zero-order valence-electron chi connectivity index (χ0n) is 21.3. The van der Waals surface area contributed by atoms with E-state index < -0.39 is 0 Å². The van der Waals surface area contributed by atoms with Crippen LogP contribution in [0.4, 0.5) is 0 Å². The second-order valence-electron chi connectivity index (χ2n) is 9.85. The highest BCUT2D eigenvalue weighted by Gasteiger charge is 2.20. The van der Waals surface area contributed by atoms with E-state index in [1.54, 1.807) is 4.68 Å². The summed E-state index contributed by atoms with van der Waals surface area (Å²) in [5, 5.41) is 7.26. The summed E-state index contributed by atoms with van der Waals surface area (Å²) < 4.78 is 18.8. The Kier molecular flexibility index (Phi) is 7.13. The van der Waals surface area contributed by atoms with E-state index in [4.69, 9.17) is 14.2 Å². The molecule has 1 amide bonds. The third-order valence-corrected chi connectivity index (χ3v) is 6.85. The van der Waals surface area contributed by atoms with Gasteiger partial charge in [-0.2, -0.15) is 5.10 Å². The minimum Gasteiger partial charge on any atom is -0.483 e. The van der Waals surface area contributed by atoms with E-state index >= 15 is 0 Å². The summed E-state index contributed by atoms with van der Waals surface area (Å²) in [6.07, 6.45) is 4.39. The van der Waals surface area contributed by atoms with Gasteiger partial charge in [0.25, 0.3) is 5.91 Å². The number of rotatable bonds is 8. The van der Waals surface area contributed by atoms with Crippen LogP contribution in [-0.4, -0.2) is 47.1 Å². The smallest absolute Gasteiger partial charge is 0.258 e. The third kappa shape index (κ3) is 5.65. The molecule has 0 saturated carbocycles. The first-order chi connectivity index (χ1) is 17.4. The van der Waals surface area contributed by atoms with E-state index in [2.05, 4.69) is 28.3 Å². The first-order valence-electron chi connectivity index (χ1n) is 12.6. The minimum atomic E-state index is -0.157. The number of nitrogens with zero attached hydrogens (tertiary/aromatic N) is 3. The lowest BCUT2D eigenvalue weighted by Gasteiger charge is -2.31. The number of likely N-dealkylation sites (tertiary alicyclic amines) is 1. The van der Waals surface area contributed by atoms with Gasteiger partial charge in [-0.3, -0.25) is 14.4 Å². The largest absolute Gasteiger partial charge is 0.483 e. The SMILES string of the molecule is Cc1nn(C)cc1CNC(=O)COc1ccc(-c2ccc3c(c2)OCO3)cc1CN1CCCC(C)C1. The number of piperidine rings is 1. The van der Waals surface area contributed by atoms with Crippen molar-refractivity contribution in [3.8, 4) is 28.4 Å².